The van der Waals surface area contributed by atoms with Crippen LogP contribution >= 0.6 is 0 Å². The summed E-state index contributed by atoms with van der Waals surface area (Å²) in [4.78, 5) is 0. The molecular weight excluding hydrogens is 202 g/mol. The van der Waals surface area contributed by atoms with E-state index in [2.05, 4.69) is 15.3 Å². The Morgan fingerprint density at radius 1 is 1.31 bits per heavy atom. The van der Waals surface area contributed by atoms with Crippen molar-refractivity contribution in [2.24, 2.45) is 7.05 Å². The number of benzene rings is 1. The van der Waals surface area contributed by atoms with Crippen molar-refractivity contribution in [3.8, 4) is 11.4 Å². The Kier molecular flexibility index (Phi) is 1.73. The van der Waals surface area contributed by atoms with Gasteiger partial charge in [0, 0.05) is 12.4 Å². The maximum Gasteiger partial charge on any atom is 0.120 e. The van der Waals surface area contributed by atoms with Crippen LogP contribution in [-0.4, -0.2) is 20.0 Å². The maximum atomic E-state index is 5.89. The van der Waals surface area contributed by atoms with Gasteiger partial charge in [0.2, 0.25) is 0 Å². The molecule has 0 radical (unpaired) electrons. The molecule has 0 atom stereocenters. The molecule has 1 aromatic carbocycles. The van der Waals surface area contributed by atoms with Gasteiger partial charge in [0.05, 0.1) is 17.4 Å². The van der Waals surface area contributed by atoms with Crippen molar-refractivity contribution < 1.29 is 0 Å². The van der Waals surface area contributed by atoms with Crippen LogP contribution in [0, 0.1) is 0 Å². The Morgan fingerprint density at radius 3 is 2.88 bits per heavy atom. The van der Waals surface area contributed by atoms with E-state index in [-0.39, 0.29) is 0 Å². The topological polar surface area (TPSA) is 72.5 Å². The largest absolute Gasteiger partial charge is 0.396 e. The van der Waals surface area contributed by atoms with Gasteiger partial charge < -0.3 is 5.73 Å². The number of rotatable bonds is 1. The van der Waals surface area contributed by atoms with E-state index in [0.29, 0.717) is 5.69 Å². The van der Waals surface area contributed by atoms with Crippen molar-refractivity contribution in [2.45, 2.75) is 0 Å². The minimum Gasteiger partial charge on any atom is -0.396 e. The Bertz CT molecular complexity index is 630. The van der Waals surface area contributed by atoms with Crippen LogP contribution in [0.3, 0.4) is 0 Å². The van der Waals surface area contributed by atoms with Gasteiger partial charge in [0.1, 0.15) is 11.4 Å². The van der Waals surface area contributed by atoms with E-state index in [0.717, 1.165) is 22.3 Å². The first-order valence-corrected chi connectivity index (χ1v) is 4.98. The zero-order valence-electron chi connectivity index (χ0n) is 8.81. The molecule has 3 rings (SSSR count). The quantitative estimate of drug-likeness (QED) is 0.644. The Hall–Kier alpha value is -2.30. The van der Waals surface area contributed by atoms with Gasteiger partial charge in [-0.25, -0.2) is 0 Å². The highest BCUT2D eigenvalue weighted by Crippen LogP contribution is 2.29. The summed E-state index contributed by atoms with van der Waals surface area (Å²) in [5.74, 6) is 0. The van der Waals surface area contributed by atoms with Gasteiger partial charge >= 0.3 is 0 Å². The molecule has 5 nitrogen and oxygen atoms in total. The number of nitrogens with two attached hydrogens (primary N) is 1. The minimum atomic E-state index is 0.639. The summed E-state index contributed by atoms with van der Waals surface area (Å²) in [5.41, 5.74) is 9.21. The fourth-order valence-corrected chi connectivity index (χ4v) is 1.89. The SMILES string of the molecule is Cn1ncc(N)c1-c1n[nH]c2ccccc12. The molecule has 2 heterocycles. The molecule has 0 fully saturated rings. The molecular formula is C11H11N5. The second-order valence-corrected chi connectivity index (χ2v) is 3.69. The molecule has 0 aliphatic carbocycles. The molecule has 0 bridgehead atoms. The first-order chi connectivity index (χ1) is 7.77. The molecule has 0 amide bonds. The van der Waals surface area contributed by atoms with E-state index in [1.807, 2.05) is 31.3 Å². The van der Waals surface area contributed by atoms with Crippen LogP contribution in [-0.2, 0) is 7.05 Å². The van der Waals surface area contributed by atoms with E-state index in [1.54, 1.807) is 10.9 Å². The average Bonchev–Trinajstić information content (AvgIpc) is 2.83. The lowest BCUT2D eigenvalue weighted by molar-refractivity contribution is 0.773. The monoisotopic (exact) mass is 213 g/mol. The predicted octanol–water partition coefficient (Wildman–Crippen LogP) is 1.55. The number of aromatic amines is 1. The van der Waals surface area contributed by atoms with Gasteiger partial charge in [-0.05, 0) is 6.07 Å². The summed E-state index contributed by atoms with van der Waals surface area (Å²) in [6, 6.07) is 7.95. The first kappa shape index (κ1) is 8.96. The summed E-state index contributed by atoms with van der Waals surface area (Å²) < 4.78 is 1.73. The number of fused-ring (bicyclic) bond motifs is 1. The molecule has 0 saturated carbocycles. The number of nitrogens with zero attached hydrogens (tertiary/aromatic N) is 3. The van der Waals surface area contributed by atoms with Crippen LogP contribution < -0.4 is 5.73 Å². The number of hydrogen-bond acceptors (Lipinski definition) is 3. The van der Waals surface area contributed by atoms with Crippen molar-refractivity contribution in [1.29, 1.82) is 0 Å². The van der Waals surface area contributed by atoms with E-state index in [4.69, 9.17) is 5.73 Å². The Balaban J connectivity index is 2.35. The number of aromatic nitrogens is 4. The molecule has 0 spiro atoms. The van der Waals surface area contributed by atoms with E-state index < -0.39 is 0 Å². The lowest BCUT2D eigenvalue weighted by Crippen LogP contribution is -1.96. The molecule has 0 aliphatic rings. The Morgan fingerprint density at radius 2 is 2.12 bits per heavy atom. The van der Waals surface area contributed by atoms with Gasteiger partial charge in [-0.1, -0.05) is 18.2 Å². The minimum absolute atomic E-state index is 0.639. The number of nitrogen functional groups attached to an aromatic ring is 1. The van der Waals surface area contributed by atoms with Crippen LogP contribution in [0.1, 0.15) is 0 Å². The molecule has 2 aromatic heterocycles. The maximum absolute atomic E-state index is 5.89. The molecule has 16 heavy (non-hydrogen) atoms. The summed E-state index contributed by atoms with van der Waals surface area (Å²) in [6.07, 6.45) is 1.64. The van der Waals surface area contributed by atoms with Crippen LogP contribution in [0.15, 0.2) is 30.5 Å². The van der Waals surface area contributed by atoms with E-state index in [9.17, 15) is 0 Å². The Labute approximate surface area is 91.9 Å². The molecule has 0 aliphatic heterocycles. The third-order valence-electron chi connectivity index (χ3n) is 2.66. The van der Waals surface area contributed by atoms with Crippen LogP contribution in [0.2, 0.25) is 0 Å². The average molecular weight is 213 g/mol. The summed E-state index contributed by atoms with van der Waals surface area (Å²) in [6.45, 7) is 0. The van der Waals surface area contributed by atoms with Crippen molar-refractivity contribution in [2.75, 3.05) is 5.73 Å². The van der Waals surface area contributed by atoms with Gasteiger partial charge in [-0.2, -0.15) is 10.2 Å². The van der Waals surface area contributed by atoms with Gasteiger partial charge in [-0.15, -0.1) is 0 Å². The zero-order valence-corrected chi connectivity index (χ0v) is 8.81. The third-order valence-corrected chi connectivity index (χ3v) is 2.66. The lowest BCUT2D eigenvalue weighted by atomic mass is 10.1. The fourth-order valence-electron chi connectivity index (χ4n) is 1.89. The van der Waals surface area contributed by atoms with Crippen molar-refractivity contribution in [3.63, 3.8) is 0 Å². The second kappa shape index (κ2) is 3.10. The van der Waals surface area contributed by atoms with Crippen molar-refractivity contribution >= 4 is 16.6 Å². The summed E-state index contributed by atoms with van der Waals surface area (Å²) in [5, 5.41) is 12.4. The molecule has 80 valence electrons. The van der Waals surface area contributed by atoms with E-state index >= 15 is 0 Å². The third kappa shape index (κ3) is 1.11. The summed E-state index contributed by atoms with van der Waals surface area (Å²) in [7, 11) is 1.86. The second-order valence-electron chi connectivity index (χ2n) is 3.69. The smallest absolute Gasteiger partial charge is 0.120 e. The highest BCUT2D eigenvalue weighted by Gasteiger charge is 2.14. The number of para-hydroxylation sites is 1. The lowest BCUT2D eigenvalue weighted by Gasteiger charge is -1.99. The molecule has 5 heteroatoms. The van der Waals surface area contributed by atoms with Crippen molar-refractivity contribution in [1.82, 2.24) is 20.0 Å². The van der Waals surface area contributed by atoms with Crippen LogP contribution in [0.25, 0.3) is 22.3 Å². The van der Waals surface area contributed by atoms with Gasteiger partial charge in [0.15, 0.2) is 0 Å². The first-order valence-electron chi connectivity index (χ1n) is 4.98. The normalized spacial score (nSPS) is 11.1. The number of H-pyrrole nitrogens is 1. The van der Waals surface area contributed by atoms with Gasteiger partial charge in [-0.3, -0.25) is 9.78 Å². The highest BCUT2D eigenvalue weighted by atomic mass is 15.3. The number of nitrogens with one attached hydrogen (secondary N) is 1. The standard InChI is InChI=1S/C11H11N5/c1-16-11(8(12)6-13-16)10-7-4-2-3-5-9(7)14-15-10/h2-6H,12H2,1H3,(H,14,15). The predicted molar refractivity (Wildman–Crippen MR) is 62.7 cm³/mol. The number of aryl methyl sites for hydroxylation is 1. The number of anilines is 1. The molecule has 0 unspecified atom stereocenters. The van der Waals surface area contributed by atoms with Crippen LogP contribution in [0.4, 0.5) is 5.69 Å². The summed E-state index contributed by atoms with van der Waals surface area (Å²) >= 11 is 0. The van der Waals surface area contributed by atoms with E-state index in [1.165, 1.54) is 0 Å². The van der Waals surface area contributed by atoms with Crippen LogP contribution in [0.5, 0.6) is 0 Å². The molecule has 3 N–H and O–H groups in total. The highest BCUT2D eigenvalue weighted by molar-refractivity contribution is 5.94. The van der Waals surface area contributed by atoms with Crippen molar-refractivity contribution in [3.05, 3.63) is 30.5 Å². The fraction of sp³-hybridized carbons (Fsp3) is 0.0909. The number of hydrogen-bond donors (Lipinski definition) is 2. The zero-order chi connectivity index (χ0) is 11.1. The molecule has 0 saturated heterocycles. The van der Waals surface area contributed by atoms with Gasteiger partial charge in [0.25, 0.3) is 0 Å². The molecule has 3 aromatic rings.